The van der Waals surface area contributed by atoms with Gasteiger partial charge in [0.1, 0.15) is 6.61 Å². The molecule has 0 fully saturated rings. The molecule has 6 nitrogen and oxygen atoms in total. The van der Waals surface area contributed by atoms with Gasteiger partial charge in [-0.2, -0.15) is 0 Å². The number of fused-ring (bicyclic) bond motifs is 3. The molecule has 144 valence electrons. The number of halogens is 2. The van der Waals surface area contributed by atoms with Crippen molar-refractivity contribution in [1.82, 2.24) is 9.88 Å². The first-order chi connectivity index (χ1) is 13.4. The lowest BCUT2D eigenvalue weighted by molar-refractivity contribution is -0.135. The number of hydrogen-bond acceptors (Lipinski definition) is 3. The average molecular weight is 418 g/mol. The Kier molecular flexibility index (Phi) is 4.79. The molecule has 4 rings (SSSR count). The van der Waals surface area contributed by atoms with E-state index in [-0.39, 0.29) is 5.91 Å². The molecule has 0 spiro atoms. The number of primary amides is 1. The monoisotopic (exact) mass is 417 g/mol. The summed E-state index contributed by atoms with van der Waals surface area (Å²) in [4.78, 5) is 28.6. The minimum atomic E-state index is -0.530. The van der Waals surface area contributed by atoms with Crippen LogP contribution in [0.25, 0.3) is 22.0 Å². The van der Waals surface area contributed by atoms with Crippen LogP contribution in [0.1, 0.15) is 21.6 Å². The Morgan fingerprint density at radius 3 is 2.75 bits per heavy atom. The number of carbonyl (C=O) groups excluding carboxylic acids is 2. The van der Waals surface area contributed by atoms with Crippen LogP contribution < -0.4 is 5.73 Å². The number of nitrogens with zero attached hydrogens (tertiary/aromatic N) is 1. The number of aromatic nitrogens is 1. The SMILES string of the molecule is NC(=O)c1cccc(-c2cc(Cl)c(Cl)c3[nH]c4c(c23)CN(C(=O)CO)CC4)c1. The summed E-state index contributed by atoms with van der Waals surface area (Å²) in [5, 5.41) is 10.9. The van der Waals surface area contributed by atoms with Crippen molar-refractivity contribution >= 4 is 45.9 Å². The van der Waals surface area contributed by atoms with Gasteiger partial charge < -0.3 is 20.7 Å². The Bertz CT molecular complexity index is 1120. The molecule has 0 unspecified atom stereocenters. The largest absolute Gasteiger partial charge is 0.387 e. The van der Waals surface area contributed by atoms with E-state index in [2.05, 4.69) is 4.98 Å². The van der Waals surface area contributed by atoms with Crippen LogP contribution in [0.2, 0.25) is 10.0 Å². The quantitative estimate of drug-likeness (QED) is 0.610. The molecular formula is C20H17Cl2N3O3. The van der Waals surface area contributed by atoms with Crippen molar-refractivity contribution in [2.24, 2.45) is 5.73 Å². The molecule has 0 bridgehead atoms. The highest BCUT2D eigenvalue weighted by Gasteiger charge is 2.27. The zero-order valence-electron chi connectivity index (χ0n) is 14.8. The summed E-state index contributed by atoms with van der Waals surface area (Å²) < 4.78 is 0. The number of aliphatic hydroxyl groups excluding tert-OH is 1. The number of rotatable bonds is 3. The van der Waals surface area contributed by atoms with Crippen molar-refractivity contribution in [2.75, 3.05) is 13.2 Å². The van der Waals surface area contributed by atoms with Crippen LogP contribution in [0.5, 0.6) is 0 Å². The Morgan fingerprint density at radius 2 is 2.04 bits per heavy atom. The molecule has 0 saturated carbocycles. The Labute approximate surface area is 170 Å². The van der Waals surface area contributed by atoms with E-state index in [0.29, 0.717) is 40.6 Å². The molecule has 1 aliphatic rings. The van der Waals surface area contributed by atoms with Gasteiger partial charge in [-0.1, -0.05) is 35.3 Å². The third kappa shape index (κ3) is 3.03. The predicted molar refractivity (Wildman–Crippen MR) is 108 cm³/mol. The van der Waals surface area contributed by atoms with Crippen LogP contribution in [-0.2, 0) is 17.8 Å². The molecule has 4 N–H and O–H groups in total. The first kappa shape index (κ1) is 18.8. The number of nitrogens with one attached hydrogen (secondary N) is 1. The topological polar surface area (TPSA) is 99.4 Å². The Balaban J connectivity index is 1.96. The highest BCUT2D eigenvalue weighted by atomic mass is 35.5. The Hall–Kier alpha value is -2.54. The number of carbonyl (C=O) groups is 2. The minimum absolute atomic E-state index is 0.322. The molecule has 8 heteroatoms. The maximum atomic E-state index is 12.0. The number of H-pyrrole nitrogens is 1. The second-order valence-corrected chi connectivity index (χ2v) is 7.51. The maximum absolute atomic E-state index is 12.0. The van der Waals surface area contributed by atoms with Crippen molar-refractivity contribution in [3.63, 3.8) is 0 Å². The summed E-state index contributed by atoms with van der Waals surface area (Å²) in [6.45, 7) is 0.337. The predicted octanol–water partition coefficient (Wildman–Crippen LogP) is 3.12. The summed E-state index contributed by atoms with van der Waals surface area (Å²) in [7, 11) is 0. The van der Waals surface area contributed by atoms with Crippen LogP contribution in [0, 0.1) is 0 Å². The summed E-state index contributed by atoms with van der Waals surface area (Å²) in [6.07, 6.45) is 0.616. The summed E-state index contributed by atoms with van der Waals surface area (Å²) >= 11 is 12.8. The van der Waals surface area contributed by atoms with Crippen LogP contribution in [0.3, 0.4) is 0 Å². The third-order valence-electron chi connectivity index (χ3n) is 5.09. The Morgan fingerprint density at radius 1 is 1.25 bits per heavy atom. The van der Waals surface area contributed by atoms with E-state index in [4.69, 9.17) is 28.9 Å². The number of amides is 2. The van der Waals surface area contributed by atoms with E-state index in [1.54, 1.807) is 29.2 Å². The molecule has 2 aromatic carbocycles. The molecule has 0 atom stereocenters. The zero-order valence-corrected chi connectivity index (χ0v) is 16.3. The summed E-state index contributed by atoms with van der Waals surface area (Å²) in [6, 6.07) is 8.73. The van der Waals surface area contributed by atoms with E-state index in [1.165, 1.54) is 0 Å². The number of nitrogens with two attached hydrogens (primary N) is 1. The number of aromatic amines is 1. The van der Waals surface area contributed by atoms with Gasteiger partial charge in [-0.15, -0.1) is 0 Å². The van der Waals surface area contributed by atoms with Gasteiger partial charge in [0.15, 0.2) is 0 Å². The second kappa shape index (κ2) is 7.13. The maximum Gasteiger partial charge on any atom is 0.248 e. The van der Waals surface area contributed by atoms with E-state index < -0.39 is 12.5 Å². The molecular weight excluding hydrogens is 401 g/mol. The first-order valence-corrected chi connectivity index (χ1v) is 9.46. The van der Waals surface area contributed by atoms with Crippen molar-refractivity contribution in [3.05, 3.63) is 57.2 Å². The first-order valence-electron chi connectivity index (χ1n) is 8.71. The fourth-order valence-corrected chi connectivity index (χ4v) is 4.12. The van der Waals surface area contributed by atoms with Gasteiger partial charge in [-0.05, 0) is 29.3 Å². The average Bonchev–Trinajstić information content (AvgIpc) is 3.09. The number of hydrogen-bond donors (Lipinski definition) is 3. The van der Waals surface area contributed by atoms with Crippen molar-refractivity contribution in [1.29, 1.82) is 0 Å². The lowest BCUT2D eigenvalue weighted by Gasteiger charge is -2.27. The number of aliphatic hydroxyl groups is 1. The van der Waals surface area contributed by atoms with E-state index in [0.717, 1.165) is 27.8 Å². The molecule has 28 heavy (non-hydrogen) atoms. The fraction of sp³-hybridized carbons (Fsp3) is 0.200. The fourth-order valence-electron chi connectivity index (χ4n) is 3.72. The second-order valence-electron chi connectivity index (χ2n) is 6.72. The standard InChI is InChI=1S/C20H17Cl2N3O3/c21-14-7-12(10-2-1-3-11(6-10)20(23)28)17-13-8-25(16(27)9-26)5-4-15(13)24-19(17)18(14)22/h1-3,6-7,24,26H,4-5,8-9H2,(H2,23,28). The van der Waals surface area contributed by atoms with Crippen LogP contribution >= 0.6 is 23.2 Å². The van der Waals surface area contributed by atoms with Gasteiger partial charge in [-0.3, -0.25) is 9.59 Å². The zero-order chi connectivity index (χ0) is 20.0. The van der Waals surface area contributed by atoms with Gasteiger partial charge in [0, 0.05) is 41.7 Å². The minimum Gasteiger partial charge on any atom is -0.387 e. The van der Waals surface area contributed by atoms with Gasteiger partial charge in [0.2, 0.25) is 11.8 Å². The van der Waals surface area contributed by atoms with E-state index in [9.17, 15) is 14.7 Å². The highest BCUT2D eigenvalue weighted by molar-refractivity contribution is 6.45. The molecule has 0 saturated heterocycles. The van der Waals surface area contributed by atoms with Gasteiger partial charge >= 0.3 is 0 Å². The molecule has 2 amide bonds. The van der Waals surface area contributed by atoms with Crippen molar-refractivity contribution in [3.8, 4) is 11.1 Å². The van der Waals surface area contributed by atoms with Crippen LogP contribution in [0.4, 0.5) is 0 Å². The lowest BCUT2D eigenvalue weighted by atomic mass is 9.95. The van der Waals surface area contributed by atoms with Crippen molar-refractivity contribution in [2.45, 2.75) is 13.0 Å². The highest BCUT2D eigenvalue weighted by Crippen LogP contribution is 2.42. The van der Waals surface area contributed by atoms with Crippen LogP contribution in [0.15, 0.2) is 30.3 Å². The normalized spacial score (nSPS) is 13.6. The molecule has 0 aliphatic carbocycles. The molecule has 0 radical (unpaired) electrons. The van der Waals surface area contributed by atoms with E-state index in [1.807, 2.05) is 6.07 Å². The summed E-state index contributed by atoms with van der Waals surface area (Å²) in [5.74, 6) is -0.841. The smallest absolute Gasteiger partial charge is 0.248 e. The molecule has 1 aliphatic heterocycles. The lowest BCUT2D eigenvalue weighted by Crippen LogP contribution is -2.37. The van der Waals surface area contributed by atoms with E-state index >= 15 is 0 Å². The van der Waals surface area contributed by atoms with Gasteiger partial charge in [0.05, 0.1) is 15.6 Å². The molecule has 3 aromatic rings. The van der Waals surface area contributed by atoms with Crippen LogP contribution in [-0.4, -0.2) is 40.0 Å². The van der Waals surface area contributed by atoms with Crippen molar-refractivity contribution < 1.29 is 14.7 Å². The van der Waals surface area contributed by atoms with Gasteiger partial charge in [-0.25, -0.2) is 0 Å². The molecule has 1 aromatic heterocycles. The summed E-state index contributed by atoms with van der Waals surface area (Å²) in [5.41, 5.74) is 9.98. The number of benzene rings is 2. The third-order valence-corrected chi connectivity index (χ3v) is 5.88. The molecule has 2 heterocycles. The van der Waals surface area contributed by atoms with Gasteiger partial charge in [0.25, 0.3) is 0 Å².